The molecule has 1 amide bonds. The summed E-state index contributed by atoms with van der Waals surface area (Å²) >= 11 is 5.02. The molecule has 0 unspecified atom stereocenters. The molecule has 3 rings (SSSR count). The molecule has 1 N–H and O–H groups in total. The number of halogens is 1. The number of carbonyl (C=O) groups is 1. The maximum absolute atomic E-state index is 12.5. The first-order valence-corrected chi connectivity index (χ1v) is 9.17. The van der Waals surface area contributed by atoms with E-state index in [1.165, 1.54) is 0 Å². The molecule has 0 fully saturated rings. The molecule has 0 saturated carbocycles. The minimum Gasteiger partial charge on any atom is -0.481 e. The first-order valence-electron chi connectivity index (χ1n) is 7.49. The lowest BCUT2D eigenvalue weighted by Crippen LogP contribution is -2.30. The highest BCUT2D eigenvalue weighted by atomic mass is 79.9. The summed E-state index contributed by atoms with van der Waals surface area (Å²) in [6.45, 7) is 1.74. The molecule has 2 aromatic carbocycles. The Kier molecular flexibility index (Phi) is 5.33. The fraction of sp³-hybridized carbons (Fsp3) is 0.105. The van der Waals surface area contributed by atoms with Crippen molar-refractivity contribution in [1.82, 2.24) is 0 Å². The number of ether oxygens (including phenoxy) is 1. The Morgan fingerprint density at radius 3 is 2.54 bits per heavy atom. The van der Waals surface area contributed by atoms with Crippen LogP contribution < -0.4 is 10.1 Å². The van der Waals surface area contributed by atoms with E-state index in [9.17, 15) is 4.79 Å². The zero-order chi connectivity index (χ0) is 16.9. The molecule has 0 spiro atoms. The van der Waals surface area contributed by atoms with Gasteiger partial charge in [-0.25, -0.2) is 0 Å². The Balaban J connectivity index is 1.72. The second kappa shape index (κ2) is 7.64. The van der Waals surface area contributed by atoms with Crippen LogP contribution in [0, 0.1) is 0 Å². The van der Waals surface area contributed by atoms with Gasteiger partial charge in [-0.2, -0.15) is 0 Å². The topological polar surface area (TPSA) is 38.3 Å². The van der Waals surface area contributed by atoms with Gasteiger partial charge in [0.2, 0.25) is 0 Å². The van der Waals surface area contributed by atoms with Gasteiger partial charge in [0.25, 0.3) is 5.91 Å². The second-order valence-corrected chi connectivity index (χ2v) is 7.09. The van der Waals surface area contributed by atoms with Crippen molar-refractivity contribution in [3.05, 3.63) is 70.5 Å². The van der Waals surface area contributed by atoms with E-state index in [0.29, 0.717) is 5.75 Å². The van der Waals surface area contributed by atoms with Crippen molar-refractivity contribution < 1.29 is 9.53 Å². The van der Waals surface area contributed by atoms with Gasteiger partial charge in [-0.15, -0.1) is 11.3 Å². The largest absolute Gasteiger partial charge is 0.481 e. The fourth-order valence-corrected chi connectivity index (χ4v) is 3.27. The maximum Gasteiger partial charge on any atom is 0.265 e. The molecule has 0 aliphatic carbocycles. The molecule has 1 atom stereocenters. The molecule has 0 saturated heterocycles. The Bertz CT molecular complexity index is 816. The number of benzene rings is 2. The summed E-state index contributed by atoms with van der Waals surface area (Å²) in [4.78, 5) is 13.6. The number of rotatable bonds is 5. The third-order valence-corrected chi connectivity index (χ3v) is 4.90. The third kappa shape index (κ3) is 4.04. The zero-order valence-electron chi connectivity index (χ0n) is 13.0. The molecular formula is C19H16BrNO2S. The van der Waals surface area contributed by atoms with Crippen molar-refractivity contribution in [2.45, 2.75) is 13.0 Å². The van der Waals surface area contributed by atoms with E-state index in [4.69, 9.17) is 4.74 Å². The summed E-state index contributed by atoms with van der Waals surface area (Å²) in [5, 5.41) is 4.98. The van der Waals surface area contributed by atoms with Crippen LogP contribution in [-0.2, 0) is 4.79 Å². The number of para-hydroxylation sites is 1. The van der Waals surface area contributed by atoms with Crippen LogP contribution in [0.2, 0.25) is 0 Å². The van der Waals surface area contributed by atoms with Gasteiger partial charge < -0.3 is 10.1 Å². The minimum absolute atomic E-state index is 0.179. The Hall–Kier alpha value is -2.11. The van der Waals surface area contributed by atoms with Gasteiger partial charge in [0.1, 0.15) is 5.75 Å². The lowest BCUT2D eigenvalue weighted by molar-refractivity contribution is -0.122. The van der Waals surface area contributed by atoms with Crippen molar-refractivity contribution in [2.24, 2.45) is 0 Å². The standard InChI is InChI=1S/C19H16BrNO2S/c1-13(23-15-10-8-14(20)9-11-15)19(22)21-17-6-3-2-5-16(17)18-7-4-12-24-18/h2-13H,1H3,(H,21,22)/t13-/m1/s1. The van der Waals surface area contributed by atoms with Crippen molar-refractivity contribution in [1.29, 1.82) is 0 Å². The molecule has 5 heteroatoms. The second-order valence-electron chi connectivity index (χ2n) is 5.23. The predicted octanol–water partition coefficient (Wildman–Crippen LogP) is 5.58. The highest BCUT2D eigenvalue weighted by molar-refractivity contribution is 9.10. The minimum atomic E-state index is -0.595. The Morgan fingerprint density at radius 1 is 1.08 bits per heavy atom. The SMILES string of the molecule is C[C@@H](Oc1ccc(Br)cc1)C(=O)Nc1ccccc1-c1cccs1. The monoisotopic (exact) mass is 401 g/mol. The quantitative estimate of drug-likeness (QED) is 0.605. The van der Waals surface area contributed by atoms with Crippen molar-refractivity contribution in [3.8, 4) is 16.2 Å². The fourth-order valence-electron chi connectivity index (χ4n) is 2.24. The molecule has 0 radical (unpaired) electrons. The van der Waals surface area contributed by atoms with Crippen LogP contribution in [0.15, 0.2) is 70.5 Å². The van der Waals surface area contributed by atoms with E-state index in [-0.39, 0.29) is 5.91 Å². The van der Waals surface area contributed by atoms with Crippen LogP contribution in [0.1, 0.15) is 6.92 Å². The highest BCUT2D eigenvalue weighted by Gasteiger charge is 2.16. The number of nitrogens with one attached hydrogen (secondary N) is 1. The summed E-state index contributed by atoms with van der Waals surface area (Å²) in [5.74, 6) is 0.481. The summed E-state index contributed by atoms with van der Waals surface area (Å²) in [6.07, 6.45) is -0.595. The molecular weight excluding hydrogens is 386 g/mol. The maximum atomic E-state index is 12.5. The van der Waals surface area contributed by atoms with Crippen molar-refractivity contribution in [2.75, 3.05) is 5.32 Å². The average Bonchev–Trinajstić information content (AvgIpc) is 3.11. The molecule has 0 bridgehead atoms. The van der Waals surface area contributed by atoms with Gasteiger partial charge in [0, 0.05) is 20.6 Å². The number of hydrogen-bond donors (Lipinski definition) is 1. The van der Waals surface area contributed by atoms with Gasteiger partial charge in [-0.3, -0.25) is 4.79 Å². The Morgan fingerprint density at radius 2 is 1.83 bits per heavy atom. The van der Waals surface area contributed by atoms with Crippen LogP contribution in [-0.4, -0.2) is 12.0 Å². The van der Waals surface area contributed by atoms with Crippen LogP contribution in [0.25, 0.3) is 10.4 Å². The molecule has 3 nitrogen and oxygen atoms in total. The van der Waals surface area contributed by atoms with Crippen LogP contribution in [0.3, 0.4) is 0 Å². The van der Waals surface area contributed by atoms with E-state index in [1.54, 1.807) is 18.3 Å². The van der Waals surface area contributed by atoms with Gasteiger partial charge >= 0.3 is 0 Å². The number of amides is 1. The molecule has 24 heavy (non-hydrogen) atoms. The summed E-state index contributed by atoms with van der Waals surface area (Å²) in [6, 6.07) is 19.2. The first kappa shape index (κ1) is 16.7. The van der Waals surface area contributed by atoms with E-state index < -0.39 is 6.10 Å². The van der Waals surface area contributed by atoms with E-state index in [1.807, 2.05) is 66.0 Å². The Labute approximate surface area is 153 Å². The average molecular weight is 402 g/mol. The van der Waals surface area contributed by atoms with Gasteiger partial charge in [-0.05, 0) is 48.7 Å². The predicted molar refractivity (Wildman–Crippen MR) is 103 cm³/mol. The summed E-state index contributed by atoms with van der Waals surface area (Å²) < 4.78 is 6.67. The van der Waals surface area contributed by atoms with E-state index in [0.717, 1.165) is 20.6 Å². The van der Waals surface area contributed by atoms with Crippen LogP contribution >= 0.6 is 27.3 Å². The van der Waals surface area contributed by atoms with Crippen molar-refractivity contribution in [3.63, 3.8) is 0 Å². The van der Waals surface area contributed by atoms with Gasteiger partial charge in [0.15, 0.2) is 6.10 Å². The number of thiophene rings is 1. The molecule has 1 aromatic heterocycles. The molecule has 0 aliphatic heterocycles. The lowest BCUT2D eigenvalue weighted by Gasteiger charge is -2.16. The summed E-state index contributed by atoms with van der Waals surface area (Å²) in [5.41, 5.74) is 1.80. The van der Waals surface area contributed by atoms with Gasteiger partial charge in [0.05, 0.1) is 0 Å². The molecule has 0 aliphatic rings. The van der Waals surface area contributed by atoms with Gasteiger partial charge in [-0.1, -0.05) is 40.2 Å². The smallest absolute Gasteiger partial charge is 0.265 e. The van der Waals surface area contributed by atoms with Crippen LogP contribution in [0.4, 0.5) is 5.69 Å². The first-order chi connectivity index (χ1) is 11.6. The van der Waals surface area contributed by atoms with E-state index in [2.05, 4.69) is 21.2 Å². The zero-order valence-corrected chi connectivity index (χ0v) is 15.4. The van der Waals surface area contributed by atoms with Crippen molar-refractivity contribution >= 4 is 38.9 Å². The van der Waals surface area contributed by atoms with E-state index >= 15 is 0 Å². The number of carbonyl (C=O) groups excluding carboxylic acids is 1. The molecule has 122 valence electrons. The normalized spacial score (nSPS) is 11.8. The third-order valence-electron chi connectivity index (χ3n) is 3.47. The highest BCUT2D eigenvalue weighted by Crippen LogP contribution is 2.31. The summed E-state index contributed by atoms with van der Waals surface area (Å²) in [7, 11) is 0. The van der Waals surface area contributed by atoms with Crippen LogP contribution in [0.5, 0.6) is 5.75 Å². The molecule has 1 heterocycles. The molecule has 3 aromatic rings. The lowest BCUT2D eigenvalue weighted by atomic mass is 10.1. The number of anilines is 1. The number of hydrogen-bond acceptors (Lipinski definition) is 3.